The Morgan fingerprint density at radius 3 is 2.43 bits per heavy atom. The summed E-state index contributed by atoms with van der Waals surface area (Å²) in [5, 5.41) is 17.4. The van der Waals surface area contributed by atoms with E-state index in [2.05, 4.69) is 20.2 Å². The van der Waals surface area contributed by atoms with Gasteiger partial charge >= 0.3 is 12.1 Å². The molecule has 1 N–H and O–H groups in total. The Labute approximate surface area is 191 Å². The number of nitrogens with zero attached hydrogens (tertiary/aromatic N) is 5. The van der Waals surface area contributed by atoms with E-state index in [-0.39, 0.29) is 50.6 Å². The van der Waals surface area contributed by atoms with E-state index in [1.54, 1.807) is 0 Å². The number of halogens is 6. The van der Waals surface area contributed by atoms with Crippen LogP contribution in [0.4, 0.5) is 26.3 Å². The number of aliphatic hydroxyl groups excluding tert-OH is 1. The van der Waals surface area contributed by atoms with E-state index >= 15 is 0 Å². The summed E-state index contributed by atoms with van der Waals surface area (Å²) in [6, 6.07) is 7.25. The molecular formula is C22H13F6N5O2. The van der Waals surface area contributed by atoms with Crippen molar-refractivity contribution in [3.8, 4) is 22.7 Å². The van der Waals surface area contributed by atoms with Crippen molar-refractivity contribution in [3.05, 3.63) is 65.6 Å². The van der Waals surface area contributed by atoms with Crippen molar-refractivity contribution >= 4 is 16.7 Å². The zero-order valence-corrected chi connectivity index (χ0v) is 17.6. The molecule has 0 radical (unpaired) electrons. The lowest BCUT2D eigenvalue weighted by Crippen LogP contribution is -2.34. The molecule has 180 valence electrons. The van der Waals surface area contributed by atoms with E-state index in [1.807, 2.05) is 0 Å². The number of imidazole rings is 1. The van der Waals surface area contributed by atoms with Crippen LogP contribution < -0.4 is 0 Å². The van der Waals surface area contributed by atoms with Gasteiger partial charge in [-0.15, -0.1) is 10.2 Å². The van der Waals surface area contributed by atoms with E-state index in [0.717, 1.165) is 16.9 Å². The molecule has 0 fully saturated rings. The molecule has 5 rings (SSSR count). The molecule has 0 aliphatic heterocycles. The van der Waals surface area contributed by atoms with Crippen LogP contribution in [0.15, 0.2) is 47.2 Å². The molecule has 13 heteroatoms. The third-order valence-corrected chi connectivity index (χ3v) is 5.52. The fourth-order valence-corrected chi connectivity index (χ4v) is 3.75. The maximum absolute atomic E-state index is 14.5. The molecule has 0 unspecified atom stereocenters. The van der Waals surface area contributed by atoms with Crippen LogP contribution >= 0.6 is 0 Å². The van der Waals surface area contributed by atoms with Crippen LogP contribution in [0.2, 0.25) is 0 Å². The molecule has 0 aliphatic carbocycles. The molecule has 4 aromatic heterocycles. The van der Waals surface area contributed by atoms with Gasteiger partial charge in [0.15, 0.2) is 5.69 Å². The predicted octanol–water partition coefficient (Wildman–Crippen LogP) is 5.19. The Hall–Kier alpha value is -4.00. The van der Waals surface area contributed by atoms with Crippen molar-refractivity contribution in [2.75, 3.05) is 0 Å². The molecule has 7 nitrogen and oxygen atoms in total. The third kappa shape index (κ3) is 3.50. The predicted molar refractivity (Wildman–Crippen MR) is 110 cm³/mol. The fourth-order valence-electron chi connectivity index (χ4n) is 3.75. The van der Waals surface area contributed by atoms with Crippen molar-refractivity contribution in [2.24, 2.45) is 0 Å². The monoisotopic (exact) mass is 493 g/mol. The normalized spacial score (nSPS) is 12.7. The summed E-state index contributed by atoms with van der Waals surface area (Å²) in [6.07, 6.45) is -4.94. The van der Waals surface area contributed by atoms with Gasteiger partial charge in [0.05, 0.1) is 12.3 Å². The third-order valence-electron chi connectivity index (χ3n) is 5.52. The number of alkyl halides is 5. The van der Waals surface area contributed by atoms with Gasteiger partial charge in [-0.2, -0.15) is 22.0 Å². The number of aliphatic hydroxyl groups is 1. The van der Waals surface area contributed by atoms with Crippen LogP contribution in [0.3, 0.4) is 0 Å². The van der Waals surface area contributed by atoms with Gasteiger partial charge in [-0.3, -0.25) is 4.40 Å². The topological polar surface area (TPSA) is 89.3 Å². The van der Waals surface area contributed by atoms with Gasteiger partial charge in [-0.1, -0.05) is 12.1 Å². The zero-order valence-electron chi connectivity index (χ0n) is 17.6. The highest BCUT2D eigenvalue weighted by molar-refractivity contribution is 5.95. The summed E-state index contributed by atoms with van der Waals surface area (Å²) < 4.78 is 89.3. The van der Waals surface area contributed by atoms with E-state index in [9.17, 15) is 31.4 Å². The number of pyridine rings is 2. The lowest BCUT2D eigenvalue weighted by molar-refractivity contribution is -0.290. The van der Waals surface area contributed by atoms with Crippen molar-refractivity contribution in [1.82, 2.24) is 24.6 Å². The average molecular weight is 493 g/mol. The average Bonchev–Trinajstić information content (AvgIpc) is 3.46. The SMILES string of the molecule is Cc1ccc(-c2cc(C(F)(F)C(F)(F)F)nc3c2ccc2nc(-c4nnco4)c(CO)n23)cc1F. The number of aromatic nitrogens is 5. The Morgan fingerprint density at radius 1 is 1.03 bits per heavy atom. The second kappa shape index (κ2) is 7.77. The van der Waals surface area contributed by atoms with Crippen LogP contribution in [0.1, 0.15) is 17.0 Å². The summed E-state index contributed by atoms with van der Waals surface area (Å²) in [6.45, 7) is 0.767. The first kappa shape index (κ1) is 22.8. The molecule has 0 bridgehead atoms. The van der Waals surface area contributed by atoms with Crippen LogP contribution in [0.25, 0.3) is 39.4 Å². The summed E-state index contributed by atoms with van der Waals surface area (Å²) >= 11 is 0. The highest BCUT2D eigenvalue weighted by Crippen LogP contribution is 2.45. The summed E-state index contributed by atoms with van der Waals surface area (Å²) in [5.41, 5.74) is -1.73. The molecule has 1 aromatic carbocycles. The highest BCUT2D eigenvalue weighted by atomic mass is 19.4. The molecular weight excluding hydrogens is 480 g/mol. The first-order chi connectivity index (χ1) is 16.5. The van der Waals surface area contributed by atoms with Crippen molar-refractivity contribution in [2.45, 2.75) is 25.6 Å². The summed E-state index contributed by atoms with van der Waals surface area (Å²) in [4.78, 5) is 7.89. The van der Waals surface area contributed by atoms with Gasteiger partial charge in [-0.25, -0.2) is 14.4 Å². The lowest BCUT2D eigenvalue weighted by atomic mass is 9.99. The fraction of sp³-hybridized carbons (Fsp3) is 0.182. The van der Waals surface area contributed by atoms with Crippen LogP contribution in [0, 0.1) is 12.7 Å². The van der Waals surface area contributed by atoms with E-state index < -0.39 is 30.2 Å². The molecule has 0 spiro atoms. The minimum absolute atomic E-state index is 0.00443. The van der Waals surface area contributed by atoms with Gasteiger partial charge in [-0.05, 0) is 47.9 Å². The summed E-state index contributed by atoms with van der Waals surface area (Å²) in [7, 11) is 0. The van der Waals surface area contributed by atoms with E-state index in [0.29, 0.717) is 6.07 Å². The Bertz CT molecular complexity index is 1580. The number of rotatable bonds is 4. The molecule has 0 amide bonds. The number of aryl methyl sites for hydroxylation is 1. The lowest BCUT2D eigenvalue weighted by Gasteiger charge is -2.21. The van der Waals surface area contributed by atoms with Gasteiger partial charge in [0.1, 0.15) is 22.8 Å². The molecule has 35 heavy (non-hydrogen) atoms. The Balaban J connectivity index is 1.92. The van der Waals surface area contributed by atoms with Crippen LogP contribution in [-0.2, 0) is 12.5 Å². The maximum Gasteiger partial charge on any atom is 0.459 e. The minimum Gasteiger partial charge on any atom is -0.422 e. The van der Waals surface area contributed by atoms with E-state index in [4.69, 9.17) is 4.42 Å². The van der Waals surface area contributed by atoms with Crippen molar-refractivity contribution < 1.29 is 35.9 Å². The maximum atomic E-state index is 14.5. The number of fused-ring (bicyclic) bond motifs is 3. The van der Waals surface area contributed by atoms with Gasteiger partial charge in [0.2, 0.25) is 6.39 Å². The first-order valence-electron chi connectivity index (χ1n) is 9.97. The van der Waals surface area contributed by atoms with Gasteiger partial charge in [0.25, 0.3) is 5.89 Å². The molecule has 0 saturated heterocycles. The van der Waals surface area contributed by atoms with Crippen molar-refractivity contribution in [1.29, 1.82) is 0 Å². The smallest absolute Gasteiger partial charge is 0.422 e. The van der Waals surface area contributed by atoms with Gasteiger partial charge < -0.3 is 9.52 Å². The molecule has 0 saturated carbocycles. The Morgan fingerprint density at radius 2 is 1.80 bits per heavy atom. The Kier molecular flexibility index (Phi) is 5.05. The number of hydrogen-bond acceptors (Lipinski definition) is 6. The molecule has 0 atom stereocenters. The minimum atomic E-state index is -5.94. The largest absolute Gasteiger partial charge is 0.459 e. The highest BCUT2D eigenvalue weighted by Gasteiger charge is 2.60. The second-order valence-corrected chi connectivity index (χ2v) is 7.66. The second-order valence-electron chi connectivity index (χ2n) is 7.66. The molecule has 5 aromatic rings. The van der Waals surface area contributed by atoms with Gasteiger partial charge in [0, 0.05) is 5.39 Å². The molecule has 0 aliphatic rings. The quantitative estimate of drug-likeness (QED) is 0.347. The first-order valence-corrected chi connectivity index (χ1v) is 9.97. The van der Waals surface area contributed by atoms with Crippen LogP contribution in [-0.4, -0.2) is 35.8 Å². The van der Waals surface area contributed by atoms with Crippen molar-refractivity contribution in [3.63, 3.8) is 0 Å². The standard InChI is InChI=1S/C22H13F6N5O2/c1-10-2-3-11(6-14(10)23)13-7-16(21(24,25)22(26,27)28)30-19-12(13)4-5-17-31-18(15(8-34)33(17)19)20-32-29-9-35-20/h2-7,9,34H,8H2,1H3. The number of benzene rings is 1. The number of hydrogen-bond donors (Lipinski definition) is 1. The van der Waals surface area contributed by atoms with Crippen LogP contribution in [0.5, 0.6) is 0 Å². The zero-order chi connectivity index (χ0) is 25.1. The summed E-state index contributed by atoms with van der Waals surface area (Å²) in [5.74, 6) is -6.10. The molecule has 4 heterocycles. The van der Waals surface area contributed by atoms with E-state index in [1.165, 1.54) is 31.2 Å².